The summed E-state index contributed by atoms with van der Waals surface area (Å²) in [4.78, 5) is 33.2. The van der Waals surface area contributed by atoms with E-state index in [0.29, 0.717) is 11.3 Å². The monoisotopic (exact) mass is 335 g/mol. The van der Waals surface area contributed by atoms with Crippen molar-refractivity contribution in [3.63, 3.8) is 0 Å². The summed E-state index contributed by atoms with van der Waals surface area (Å²) >= 11 is 1.01. The Bertz CT molecular complexity index is 701. The Morgan fingerprint density at radius 3 is 2.87 bits per heavy atom. The second-order valence-electron chi connectivity index (χ2n) is 4.47. The molecule has 1 atom stereocenters. The van der Waals surface area contributed by atoms with Crippen LogP contribution in [0.25, 0.3) is 0 Å². The van der Waals surface area contributed by atoms with Crippen molar-refractivity contribution in [3.05, 3.63) is 29.8 Å². The van der Waals surface area contributed by atoms with Crippen LogP contribution < -0.4 is 10.1 Å². The van der Waals surface area contributed by atoms with Crippen molar-refractivity contribution in [2.45, 2.75) is 18.6 Å². The Kier molecular flexibility index (Phi) is 5.47. The summed E-state index contributed by atoms with van der Waals surface area (Å²) in [5, 5.41) is 18.3. The van der Waals surface area contributed by atoms with Gasteiger partial charge in [0.05, 0.1) is 12.6 Å². The number of carbonyl (C=O) groups is 3. The lowest BCUT2D eigenvalue weighted by Crippen LogP contribution is -2.26. The molecule has 1 aromatic carbocycles. The van der Waals surface area contributed by atoms with Crippen molar-refractivity contribution in [2.75, 3.05) is 0 Å². The zero-order valence-electron chi connectivity index (χ0n) is 12.1. The molecule has 1 saturated heterocycles. The topological polar surface area (TPSA) is 117 Å². The van der Waals surface area contributed by atoms with Crippen molar-refractivity contribution in [1.82, 2.24) is 5.32 Å². The molecule has 0 saturated carbocycles. The number of carboxylic acid groups (broad SMARTS) is 1. The Morgan fingerprint density at radius 2 is 2.17 bits per heavy atom. The van der Waals surface area contributed by atoms with Crippen LogP contribution in [0, 0.1) is 0 Å². The van der Waals surface area contributed by atoms with E-state index in [0.717, 1.165) is 11.8 Å². The third-order valence-corrected chi connectivity index (χ3v) is 3.73. The average Bonchev–Trinajstić information content (AvgIpc) is 2.80. The Labute approximate surface area is 135 Å². The SMILES string of the molecule is CC(=O)Oc1ccccc1C=NN=C1NC(=O)C(CC(=O)O)S1. The molecule has 120 valence electrons. The standard InChI is InChI=1S/C14H13N3O5S/c1-8(18)22-10-5-3-2-4-9(10)7-15-17-14-16-13(21)11(23-14)6-12(19)20/h2-5,7,11H,6H2,1H3,(H,19,20)(H,16,17,21). The van der Waals surface area contributed by atoms with Gasteiger partial charge in [-0.1, -0.05) is 23.9 Å². The molecule has 1 unspecified atom stereocenters. The van der Waals surface area contributed by atoms with E-state index in [-0.39, 0.29) is 11.6 Å². The molecule has 1 amide bonds. The number of esters is 1. The molecule has 23 heavy (non-hydrogen) atoms. The molecule has 0 aliphatic carbocycles. The van der Waals surface area contributed by atoms with Gasteiger partial charge in [0.15, 0.2) is 5.17 Å². The van der Waals surface area contributed by atoms with Crippen LogP contribution in [0.15, 0.2) is 34.5 Å². The summed E-state index contributed by atoms with van der Waals surface area (Å²) in [6.45, 7) is 1.29. The summed E-state index contributed by atoms with van der Waals surface area (Å²) in [7, 11) is 0. The maximum absolute atomic E-state index is 11.5. The van der Waals surface area contributed by atoms with E-state index >= 15 is 0 Å². The molecule has 0 radical (unpaired) electrons. The number of nitrogens with zero attached hydrogens (tertiary/aromatic N) is 2. The number of carbonyl (C=O) groups excluding carboxylic acids is 2. The van der Waals surface area contributed by atoms with Crippen molar-refractivity contribution in [1.29, 1.82) is 0 Å². The summed E-state index contributed by atoms with van der Waals surface area (Å²) in [5.74, 6) is -1.58. The number of amidine groups is 1. The Balaban J connectivity index is 2.06. The summed E-state index contributed by atoms with van der Waals surface area (Å²) in [6, 6.07) is 6.77. The zero-order chi connectivity index (χ0) is 16.8. The molecule has 2 rings (SSSR count). The predicted molar refractivity (Wildman–Crippen MR) is 84.6 cm³/mol. The molecule has 2 N–H and O–H groups in total. The predicted octanol–water partition coefficient (Wildman–Crippen LogP) is 1.01. The maximum Gasteiger partial charge on any atom is 0.308 e. The minimum absolute atomic E-state index is 0.225. The molecule has 0 bridgehead atoms. The number of nitrogens with one attached hydrogen (secondary N) is 1. The number of thioether (sulfide) groups is 1. The molecular formula is C14H13N3O5S. The number of para-hydroxylation sites is 1. The van der Waals surface area contributed by atoms with Gasteiger partial charge in [0.2, 0.25) is 5.91 Å². The van der Waals surface area contributed by atoms with Gasteiger partial charge in [-0.3, -0.25) is 14.4 Å². The molecule has 1 fully saturated rings. The minimum atomic E-state index is -1.06. The summed E-state index contributed by atoms with van der Waals surface area (Å²) < 4.78 is 5.03. The van der Waals surface area contributed by atoms with Gasteiger partial charge >= 0.3 is 11.9 Å². The first-order valence-corrected chi connectivity index (χ1v) is 7.41. The van der Waals surface area contributed by atoms with E-state index < -0.39 is 23.1 Å². The first kappa shape index (κ1) is 16.7. The van der Waals surface area contributed by atoms with E-state index in [4.69, 9.17) is 9.84 Å². The number of hydrogen-bond donors (Lipinski definition) is 2. The van der Waals surface area contributed by atoms with E-state index in [1.165, 1.54) is 13.1 Å². The quantitative estimate of drug-likeness (QED) is 0.359. The Morgan fingerprint density at radius 1 is 1.43 bits per heavy atom. The van der Waals surface area contributed by atoms with E-state index in [2.05, 4.69) is 15.5 Å². The van der Waals surface area contributed by atoms with Crippen LogP contribution >= 0.6 is 11.8 Å². The summed E-state index contributed by atoms with van der Waals surface area (Å²) in [5.41, 5.74) is 0.545. The van der Waals surface area contributed by atoms with Crippen LogP contribution in [-0.2, 0) is 14.4 Å². The van der Waals surface area contributed by atoms with Gasteiger partial charge in [0, 0.05) is 12.5 Å². The molecule has 0 spiro atoms. The first-order chi connectivity index (χ1) is 11.0. The molecule has 1 aliphatic heterocycles. The highest BCUT2D eigenvalue weighted by atomic mass is 32.2. The Hall–Kier alpha value is -2.68. The zero-order valence-corrected chi connectivity index (χ0v) is 12.9. The van der Waals surface area contributed by atoms with Gasteiger partial charge in [-0.15, -0.1) is 5.10 Å². The van der Waals surface area contributed by atoms with Crippen LogP contribution in [0.2, 0.25) is 0 Å². The minimum Gasteiger partial charge on any atom is -0.481 e. The van der Waals surface area contributed by atoms with Crippen molar-refractivity contribution in [2.24, 2.45) is 10.2 Å². The summed E-state index contributed by atoms with van der Waals surface area (Å²) in [6.07, 6.45) is 1.09. The number of ether oxygens (including phenoxy) is 1. The van der Waals surface area contributed by atoms with Gasteiger partial charge < -0.3 is 15.2 Å². The highest BCUT2D eigenvalue weighted by Gasteiger charge is 2.32. The second-order valence-corrected chi connectivity index (χ2v) is 5.67. The third-order valence-electron chi connectivity index (χ3n) is 2.65. The van der Waals surface area contributed by atoms with Crippen molar-refractivity contribution < 1.29 is 24.2 Å². The largest absolute Gasteiger partial charge is 0.481 e. The number of carboxylic acids is 1. The maximum atomic E-state index is 11.5. The van der Waals surface area contributed by atoms with Crippen LogP contribution in [0.4, 0.5) is 0 Å². The van der Waals surface area contributed by atoms with Gasteiger partial charge in [0.25, 0.3) is 0 Å². The number of hydrogen-bond acceptors (Lipinski definition) is 7. The number of rotatable bonds is 5. The van der Waals surface area contributed by atoms with E-state index in [1.54, 1.807) is 24.3 Å². The average molecular weight is 335 g/mol. The molecular weight excluding hydrogens is 322 g/mol. The van der Waals surface area contributed by atoms with Gasteiger partial charge in [-0.25, -0.2) is 0 Å². The fourth-order valence-corrected chi connectivity index (χ4v) is 2.64. The lowest BCUT2D eigenvalue weighted by molar-refractivity contribution is -0.138. The molecule has 9 heteroatoms. The fourth-order valence-electron chi connectivity index (χ4n) is 1.72. The van der Waals surface area contributed by atoms with Crippen LogP contribution in [0.1, 0.15) is 18.9 Å². The van der Waals surface area contributed by atoms with E-state index in [9.17, 15) is 14.4 Å². The molecule has 1 aliphatic rings. The fraction of sp³-hybridized carbons (Fsp3) is 0.214. The molecule has 8 nitrogen and oxygen atoms in total. The second kappa shape index (κ2) is 7.54. The lowest BCUT2D eigenvalue weighted by Gasteiger charge is -2.03. The van der Waals surface area contributed by atoms with Crippen molar-refractivity contribution >= 4 is 41.0 Å². The lowest BCUT2D eigenvalue weighted by atomic mass is 10.2. The number of amides is 1. The third kappa shape index (κ3) is 4.92. The highest BCUT2D eigenvalue weighted by Crippen LogP contribution is 2.22. The van der Waals surface area contributed by atoms with Crippen molar-refractivity contribution in [3.8, 4) is 5.75 Å². The molecule has 1 heterocycles. The normalized spacial score (nSPS) is 19.1. The van der Waals surface area contributed by atoms with E-state index in [1.807, 2.05) is 0 Å². The smallest absolute Gasteiger partial charge is 0.308 e. The van der Waals surface area contributed by atoms with Gasteiger partial charge in [-0.2, -0.15) is 5.10 Å². The van der Waals surface area contributed by atoms with Crippen LogP contribution in [0.5, 0.6) is 5.75 Å². The van der Waals surface area contributed by atoms with Gasteiger partial charge in [0.1, 0.15) is 11.0 Å². The van der Waals surface area contributed by atoms with Gasteiger partial charge in [-0.05, 0) is 12.1 Å². The molecule has 0 aromatic heterocycles. The number of benzene rings is 1. The highest BCUT2D eigenvalue weighted by molar-refractivity contribution is 8.15. The first-order valence-electron chi connectivity index (χ1n) is 6.53. The van der Waals surface area contributed by atoms with Crippen LogP contribution in [0.3, 0.4) is 0 Å². The number of aliphatic carboxylic acids is 1. The molecule has 1 aromatic rings. The van der Waals surface area contributed by atoms with Crippen LogP contribution in [-0.4, -0.2) is 39.6 Å².